The summed E-state index contributed by atoms with van der Waals surface area (Å²) in [4.78, 5) is 4.51. The van der Waals surface area contributed by atoms with Crippen molar-refractivity contribution in [2.45, 2.75) is 6.54 Å². The van der Waals surface area contributed by atoms with Gasteiger partial charge in [-0.15, -0.1) is 0 Å². The van der Waals surface area contributed by atoms with Crippen molar-refractivity contribution in [1.82, 2.24) is 4.98 Å². The number of hydrogen-bond acceptors (Lipinski definition) is 2. The molecular weight excluding hydrogens is 371 g/mol. The van der Waals surface area contributed by atoms with Crippen molar-refractivity contribution < 1.29 is 13.4 Å². The van der Waals surface area contributed by atoms with E-state index in [0.717, 1.165) is 21.1 Å². The number of nitrogens with zero attached hydrogens (tertiary/aromatic N) is 2. The van der Waals surface area contributed by atoms with Gasteiger partial charge in [-0.3, -0.25) is 0 Å². The summed E-state index contributed by atoms with van der Waals surface area (Å²) in [6.07, 6.45) is 3.81. The van der Waals surface area contributed by atoms with Gasteiger partial charge in [-0.2, -0.15) is 4.57 Å². The molecule has 0 amide bonds. The highest BCUT2D eigenvalue weighted by Crippen LogP contribution is 2.25. The quantitative estimate of drug-likeness (QED) is 0.478. The van der Waals surface area contributed by atoms with Crippen molar-refractivity contribution in [3.63, 3.8) is 0 Å². The molecule has 0 aliphatic heterocycles. The van der Waals surface area contributed by atoms with Crippen LogP contribution in [0.5, 0.6) is 0 Å². The monoisotopic (exact) mass is 383 g/mol. The van der Waals surface area contributed by atoms with Crippen LogP contribution in [0.1, 0.15) is 5.56 Å². The van der Waals surface area contributed by atoms with Crippen LogP contribution in [0, 0.1) is 5.82 Å². The van der Waals surface area contributed by atoms with Gasteiger partial charge in [-0.1, -0.05) is 24.3 Å². The maximum Gasteiger partial charge on any atom is 0.233 e. The van der Waals surface area contributed by atoms with E-state index in [2.05, 4.69) is 20.9 Å². The second-order valence-corrected chi connectivity index (χ2v) is 6.41. The lowest BCUT2D eigenvalue weighted by Gasteiger charge is -2.02. The van der Waals surface area contributed by atoms with E-state index in [1.807, 2.05) is 53.4 Å². The van der Waals surface area contributed by atoms with E-state index in [0.29, 0.717) is 18.0 Å². The van der Waals surface area contributed by atoms with E-state index in [-0.39, 0.29) is 5.82 Å². The third kappa shape index (κ3) is 2.95. The molecule has 0 unspecified atom stereocenters. The van der Waals surface area contributed by atoms with E-state index in [1.54, 1.807) is 12.1 Å². The fourth-order valence-corrected chi connectivity index (χ4v) is 3.13. The number of halogens is 2. The van der Waals surface area contributed by atoms with Gasteiger partial charge in [-0.05, 0) is 46.3 Å². The Kier molecular flexibility index (Phi) is 3.86. The average Bonchev–Trinajstić information content (AvgIpc) is 3.01. The van der Waals surface area contributed by atoms with Crippen LogP contribution in [0.2, 0.25) is 0 Å². The van der Waals surface area contributed by atoms with Crippen LogP contribution in [0.3, 0.4) is 0 Å². The van der Waals surface area contributed by atoms with Crippen LogP contribution < -0.4 is 4.57 Å². The molecule has 2 aromatic carbocycles. The SMILES string of the molecule is Fc1ccccc1C[n+]1cc(Br)cc(-c2nc3ccccc3o2)c1. The Morgan fingerprint density at radius 1 is 1.04 bits per heavy atom. The maximum atomic E-state index is 13.9. The first-order valence-corrected chi connectivity index (χ1v) is 8.27. The first-order valence-electron chi connectivity index (χ1n) is 7.48. The zero-order valence-electron chi connectivity index (χ0n) is 12.6. The molecule has 0 fully saturated rings. The first-order chi connectivity index (χ1) is 11.7. The van der Waals surface area contributed by atoms with Crippen LogP contribution >= 0.6 is 15.9 Å². The van der Waals surface area contributed by atoms with Gasteiger partial charge in [0, 0.05) is 0 Å². The van der Waals surface area contributed by atoms with Gasteiger partial charge in [0.15, 0.2) is 24.5 Å². The Balaban J connectivity index is 1.74. The molecule has 4 aromatic rings. The number of para-hydroxylation sites is 2. The molecule has 2 heterocycles. The third-order valence-corrected chi connectivity index (χ3v) is 4.17. The summed E-state index contributed by atoms with van der Waals surface area (Å²) < 4.78 is 22.5. The van der Waals surface area contributed by atoms with Crippen LogP contribution in [-0.4, -0.2) is 4.98 Å². The van der Waals surface area contributed by atoms with E-state index >= 15 is 0 Å². The van der Waals surface area contributed by atoms with Crippen molar-refractivity contribution in [2.75, 3.05) is 0 Å². The molecule has 0 spiro atoms. The molecule has 24 heavy (non-hydrogen) atoms. The molecule has 0 aliphatic rings. The van der Waals surface area contributed by atoms with Crippen LogP contribution in [-0.2, 0) is 6.54 Å². The summed E-state index contributed by atoms with van der Waals surface area (Å²) in [5.41, 5.74) is 3.02. The predicted molar refractivity (Wildman–Crippen MR) is 92.8 cm³/mol. The van der Waals surface area contributed by atoms with E-state index in [9.17, 15) is 4.39 Å². The minimum atomic E-state index is -0.214. The topological polar surface area (TPSA) is 29.9 Å². The highest BCUT2D eigenvalue weighted by Gasteiger charge is 2.15. The number of fused-ring (bicyclic) bond motifs is 1. The fraction of sp³-hybridized carbons (Fsp3) is 0.0526. The van der Waals surface area contributed by atoms with Crippen LogP contribution in [0.4, 0.5) is 4.39 Å². The van der Waals surface area contributed by atoms with Crippen molar-refractivity contribution in [3.05, 3.63) is 82.8 Å². The minimum absolute atomic E-state index is 0.214. The predicted octanol–water partition coefficient (Wildman–Crippen LogP) is 4.73. The minimum Gasteiger partial charge on any atom is -0.436 e. The van der Waals surface area contributed by atoms with Crippen molar-refractivity contribution in [2.24, 2.45) is 0 Å². The molecule has 3 nitrogen and oxygen atoms in total. The smallest absolute Gasteiger partial charge is 0.233 e. The lowest BCUT2D eigenvalue weighted by atomic mass is 10.2. The second-order valence-electron chi connectivity index (χ2n) is 5.49. The maximum absolute atomic E-state index is 13.9. The summed E-state index contributed by atoms with van der Waals surface area (Å²) >= 11 is 3.50. The summed E-state index contributed by atoms with van der Waals surface area (Å²) in [6, 6.07) is 16.3. The number of pyridine rings is 1. The lowest BCUT2D eigenvalue weighted by Crippen LogP contribution is -2.34. The Labute approximate surface area is 146 Å². The molecule has 5 heteroatoms. The number of rotatable bonds is 3. The largest absolute Gasteiger partial charge is 0.436 e. The van der Waals surface area contributed by atoms with E-state index in [1.165, 1.54) is 6.07 Å². The van der Waals surface area contributed by atoms with Gasteiger partial charge in [0.05, 0.1) is 10.0 Å². The summed E-state index contributed by atoms with van der Waals surface area (Å²) in [6.45, 7) is 0.430. The molecule has 0 atom stereocenters. The second kappa shape index (κ2) is 6.17. The molecule has 4 rings (SSSR count). The highest BCUT2D eigenvalue weighted by molar-refractivity contribution is 9.10. The molecule has 0 saturated carbocycles. The number of benzene rings is 2. The van der Waals surface area contributed by atoms with E-state index in [4.69, 9.17) is 4.42 Å². The number of oxazole rings is 1. The molecule has 2 aromatic heterocycles. The Morgan fingerprint density at radius 3 is 2.67 bits per heavy atom. The third-order valence-electron chi connectivity index (χ3n) is 3.74. The van der Waals surface area contributed by atoms with Crippen molar-refractivity contribution >= 4 is 27.0 Å². The van der Waals surface area contributed by atoms with Crippen LogP contribution in [0.25, 0.3) is 22.6 Å². The zero-order chi connectivity index (χ0) is 16.5. The van der Waals surface area contributed by atoms with Crippen LogP contribution in [0.15, 0.2) is 75.9 Å². The Hall–Kier alpha value is -2.53. The van der Waals surface area contributed by atoms with Crippen molar-refractivity contribution in [3.8, 4) is 11.5 Å². The summed E-state index contributed by atoms with van der Waals surface area (Å²) in [5.74, 6) is 0.327. The Morgan fingerprint density at radius 2 is 1.83 bits per heavy atom. The summed E-state index contributed by atoms with van der Waals surface area (Å²) in [5, 5.41) is 0. The van der Waals surface area contributed by atoms with Gasteiger partial charge < -0.3 is 4.42 Å². The van der Waals surface area contributed by atoms with Gasteiger partial charge in [0.2, 0.25) is 5.89 Å². The fourth-order valence-electron chi connectivity index (χ4n) is 2.62. The number of hydrogen-bond donors (Lipinski definition) is 0. The first kappa shape index (κ1) is 15.0. The average molecular weight is 384 g/mol. The molecular formula is C19H13BrFN2O+. The van der Waals surface area contributed by atoms with Gasteiger partial charge in [0.25, 0.3) is 0 Å². The van der Waals surface area contributed by atoms with Gasteiger partial charge in [-0.25, -0.2) is 9.37 Å². The number of aromatic nitrogens is 2. The Bertz CT molecular complexity index is 996. The molecule has 118 valence electrons. The molecule has 0 aliphatic carbocycles. The molecule has 0 radical (unpaired) electrons. The normalized spacial score (nSPS) is 11.1. The van der Waals surface area contributed by atoms with Crippen molar-refractivity contribution in [1.29, 1.82) is 0 Å². The molecule has 0 bridgehead atoms. The zero-order valence-corrected chi connectivity index (χ0v) is 14.2. The lowest BCUT2D eigenvalue weighted by molar-refractivity contribution is -0.688. The standard InChI is InChI=1S/C19H13BrFN2O/c20-15-9-14(19-22-17-7-3-4-8-18(17)24-19)11-23(12-15)10-13-5-1-2-6-16(13)21/h1-9,11-12H,10H2/q+1. The molecule has 0 saturated heterocycles. The highest BCUT2D eigenvalue weighted by atomic mass is 79.9. The van der Waals surface area contributed by atoms with Gasteiger partial charge >= 0.3 is 0 Å². The molecule has 0 N–H and O–H groups in total. The summed E-state index contributed by atoms with van der Waals surface area (Å²) in [7, 11) is 0. The van der Waals surface area contributed by atoms with E-state index < -0.39 is 0 Å². The van der Waals surface area contributed by atoms with Gasteiger partial charge in [0.1, 0.15) is 16.9 Å².